The second-order valence-electron chi connectivity index (χ2n) is 3.97. The van der Waals surface area contributed by atoms with E-state index >= 15 is 0 Å². The van der Waals surface area contributed by atoms with E-state index in [-0.39, 0.29) is 6.10 Å². The standard InChI is InChI=1S/C12H16N4OS/c1-4-13-11-14-10(9-5-6-18-7-9)15-12(16-11)17-8(2)3/h5-8H,4H2,1-3H3,(H,13,14,15,16). The summed E-state index contributed by atoms with van der Waals surface area (Å²) in [5.74, 6) is 1.18. The van der Waals surface area contributed by atoms with Gasteiger partial charge in [-0.3, -0.25) is 0 Å². The maximum Gasteiger partial charge on any atom is 0.322 e. The Morgan fingerprint density at radius 1 is 1.33 bits per heavy atom. The van der Waals surface area contributed by atoms with E-state index in [2.05, 4.69) is 20.3 Å². The van der Waals surface area contributed by atoms with Crippen LogP contribution in [0.5, 0.6) is 6.01 Å². The molecule has 2 rings (SSSR count). The van der Waals surface area contributed by atoms with E-state index in [1.807, 2.05) is 37.6 Å². The first kappa shape index (κ1) is 12.8. The third kappa shape index (κ3) is 3.16. The molecule has 2 heterocycles. The highest BCUT2D eigenvalue weighted by Gasteiger charge is 2.10. The molecule has 1 N–H and O–H groups in total. The lowest BCUT2D eigenvalue weighted by atomic mass is 10.3. The van der Waals surface area contributed by atoms with Gasteiger partial charge < -0.3 is 10.1 Å². The minimum atomic E-state index is 0.0391. The Labute approximate surface area is 110 Å². The maximum atomic E-state index is 5.54. The van der Waals surface area contributed by atoms with E-state index in [9.17, 15) is 0 Å². The number of hydrogen-bond donors (Lipinski definition) is 1. The van der Waals surface area contributed by atoms with Crippen molar-refractivity contribution in [3.05, 3.63) is 16.8 Å². The van der Waals surface area contributed by atoms with Crippen LogP contribution in [0, 0.1) is 0 Å². The number of aromatic nitrogens is 3. The molecule has 2 aromatic rings. The normalized spacial score (nSPS) is 10.7. The van der Waals surface area contributed by atoms with E-state index < -0.39 is 0 Å². The first-order chi connectivity index (χ1) is 8.69. The van der Waals surface area contributed by atoms with Crippen LogP contribution in [0.3, 0.4) is 0 Å². The van der Waals surface area contributed by atoms with Gasteiger partial charge in [-0.1, -0.05) is 0 Å². The van der Waals surface area contributed by atoms with Gasteiger partial charge in [0, 0.05) is 17.5 Å². The third-order valence-corrected chi connectivity index (χ3v) is 2.75. The summed E-state index contributed by atoms with van der Waals surface area (Å²) in [6.07, 6.45) is 0.0391. The molecule has 0 spiro atoms. The van der Waals surface area contributed by atoms with Crippen LogP contribution in [0.1, 0.15) is 20.8 Å². The van der Waals surface area contributed by atoms with Crippen molar-refractivity contribution >= 4 is 17.3 Å². The van der Waals surface area contributed by atoms with E-state index in [0.29, 0.717) is 17.8 Å². The molecule has 0 fully saturated rings. The molecule has 0 amide bonds. The van der Waals surface area contributed by atoms with E-state index in [1.165, 1.54) is 0 Å². The molecule has 6 heteroatoms. The van der Waals surface area contributed by atoms with Crippen molar-refractivity contribution in [1.82, 2.24) is 15.0 Å². The zero-order valence-corrected chi connectivity index (χ0v) is 11.5. The molecular weight excluding hydrogens is 248 g/mol. The summed E-state index contributed by atoms with van der Waals surface area (Å²) in [6.45, 7) is 6.65. The van der Waals surface area contributed by atoms with Gasteiger partial charge in [0.1, 0.15) is 0 Å². The van der Waals surface area contributed by atoms with Crippen molar-refractivity contribution in [3.8, 4) is 17.4 Å². The number of hydrogen-bond acceptors (Lipinski definition) is 6. The van der Waals surface area contributed by atoms with Crippen LogP contribution in [0.4, 0.5) is 5.95 Å². The quantitative estimate of drug-likeness (QED) is 0.899. The zero-order valence-electron chi connectivity index (χ0n) is 10.7. The van der Waals surface area contributed by atoms with Gasteiger partial charge in [-0.05, 0) is 32.2 Å². The number of nitrogens with one attached hydrogen (secondary N) is 1. The lowest BCUT2D eigenvalue weighted by molar-refractivity contribution is 0.222. The molecule has 0 radical (unpaired) electrons. The first-order valence-corrected chi connectivity index (χ1v) is 6.82. The van der Waals surface area contributed by atoms with Crippen LogP contribution in [-0.2, 0) is 0 Å². The van der Waals surface area contributed by atoms with Crippen molar-refractivity contribution in [2.75, 3.05) is 11.9 Å². The predicted octanol–water partition coefficient (Wildman–Crippen LogP) is 2.82. The van der Waals surface area contributed by atoms with Gasteiger partial charge in [-0.25, -0.2) is 0 Å². The first-order valence-electron chi connectivity index (χ1n) is 5.88. The molecular formula is C12H16N4OS. The molecule has 0 aliphatic carbocycles. The van der Waals surface area contributed by atoms with Gasteiger partial charge in [0.25, 0.3) is 0 Å². The smallest absolute Gasteiger partial charge is 0.322 e. The Hall–Kier alpha value is -1.69. The highest BCUT2D eigenvalue weighted by Crippen LogP contribution is 2.21. The fourth-order valence-electron chi connectivity index (χ4n) is 1.38. The monoisotopic (exact) mass is 264 g/mol. The molecule has 0 aliphatic rings. The van der Waals surface area contributed by atoms with Crippen molar-refractivity contribution < 1.29 is 4.74 Å². The van der Waals surface area contributed by atoms with Gasteiger partial charge in [0.2, 0.25) is 5.95 Å². The predicted molar refractivity (Wildman–Crippen MR) is 73.1 cm³/mol. The number of nitrogens with zero attached hydrogens (tertiary/aromatic N) is 3. The summed E-state index contributed by atoms with van der Waals surface area (Å²) in [5, 5.41) is 7.08. The summed E-state index contributed by atoms with van der Waals surface area (Å²) in [4.78, 5) is 12.9. The van der Waals surface area contributed by atoms with Crippen LogP contribution >= 0.6 is 11.3 Å². The van der Waals surface area contributed by atoms with E-state index in [0.717, 1.165) is 12.1 Å². The SMILES string of the molecule is CCNc1nc(OC(C)C)nc(-c2ccsc2)n1. The summed E-state index contributed by atoms with van der Waals surface area (Å²) >= 11 is 1.61. The summed E-state index contributed by atoms with van der Waals surface area (Å²) in [6, 6.07) is 2.34. The topological polar surface area (TPSA) is 59.9 Å². The largest absolute Gasteiger partial charge is 0.461 e. The summed E-state index contributed by atoms with van der Waals surface area (Å²) in [5.41, 5.74) is 0.982. The lowest BCUT2D eigenvalue weighted by Crippen LogP contribution is -2.12. The fraction of sp³-hybridized carbons (Fsp3) is 0.417. The number of anilines is 1. The fourth-order valence-corrected chi connectivity index (χ4v) is 2.01. The molecule has 96 valence electrons. The Balaban J connectivity index is 2.36. The van der Waals surface area contributed by atoms with Crippen LogP contribution in [-0.4, -0.2) is 27.6 Å². The van der Waals surface area contributed by atoms with Crippen molar-refractivity contribution in [2.24, 2.45) is 0 Å². The van der Waals surface area contributed by atoms with Crippen LogP contribution in [0.25, 0.3) is 11.4 Å². The number of ether oxygens (including phenoxy) is 1. The highest BCUT2D eigenvalue weighted by atomic mass is 32.1. The van der Waals surface area contributed by atoms with Crippen LogP contribution < -0.4 is 10.1 Å². The summed E-state index contributed by atoms with van der Waals surface area (Å²) < 4.78 is 5.54. The lowest BCUT2D eigenvalue weighted by Gasteiger charge is -2.10. The second kappa shape index (κ2) is 5.77. The van der Waals surface area contributed by atoms with Crippen molar-refractivity contribution in [1.29, 1.82) is 0 Å². The Kier molecular flexibility index (Phi) is 4.09. The molecule has 0 unspecified atom stereocenters. The molecule has 2 aromatic heterocycles. The third-order valence-electron chi connectivity index (χ3n) is 2.07. The minimum absolute atomic E-state index is 0.0391. The highest BCUT2D eigenvalue weighted by molar-refractivity contribution is 7.08. The summed E-state index contributed by atoms with van der Waals surface area (Å²) in [7, 11) is 0. The molecule has 0 saturated carbocycles. The number of thiophene rings is 1. The molecule has 18 heavy (non-hydrogen) atoms. The molecule has 0 aliphatic heterocycles. The number of rotatable bonds is 5. The molecule has 0 aromatic carbocycles. The van der Waals surface area contributed by atoms with Crippen LogP contribution in [0.15, 0.2) is 16.8 Å². The molecule has 0 atom stereocenters. The zero-order chi connectivity index (χ0) is 13.0. The van der Waals surface area contributed by atoms with E-state index in [4.69, 9.17) is 4.74 Å². The Morgan fingerprint density at radius 3 is 2.78 bits per heavy atom. The Bertz CT molecular complexity index is 499. The van der Waals surface area contributed by atoms with Crippen molar-refractivity contribution in [2.45, 2.75) is 26.9 Å². The average molecular weight is 264 g/mol. The van der Waals surface area contributed by atoms with Gasteiger partial charge in [-0.15, -0.1) is 0 Å². The second-order valence-corrected chi connectivity index (χ2v) is 4.75. The minimum Gasteiger partial charge on any atom is -0.461 e. The average Bonchev–Trinajstić information content (AvgIpc) is 2.81. The van der Waals surface area contributed by atoms with Crippen molar-refractivity contribution in [3.63, 3.8) is 0 Å². The molecule has 5 nitrogen and oxygen atoms in total. The van der Waals surface area contributed by atoms with E-state index in [1.54, 1.807) is 11.3 Å². The van der Waals surface area contributed by atoms with Gasteiger partial charge in [0.15, 0.2) is 5.82 Å². The van der Waals surface area contributed by atoms with Gasteiger partial charge >= 0.3 is 6.01 Å². The molecule has 0 saturated heterocycles. The van der Waals surface area contributed by atoms with Gasteiger partial charge in [0.05, 0.1) is 6.10 Å². The maximum absolute atomic E-state index is 5.54. The van der Waals surface area contributed by atoms with Crippen LogP contribution in [0.2, 0.25) is 0 Å². The Morgan fingerprint density at radius 2 is 2.17 bits per heavy atom. The molecule has 0 bridgehead atoms. The van der Waals surface area contributed by atoms with Gasteiger partial charge in [-0.2, -0.15) is 26.3 Å².